The molecule has 4 aromatic rings. The Labute approximate surface area is 217 Å². The lowest BCUT2D eigenvalue weighted by Gasteiger charge is -2.32. The normalized spacial score (nSPS) is 15.2. The van der Waals surface area contributed by atoms with Crippen LogP contribution in [0.15, 0.2) is 65.6 Å². The number of halogens is 1. The highest BCUT2D eigenvalue weighted by Crippen LogP contribution is 2.29. The van der Waals surface area contributed by atoms with E-state index in [1.54, 1.807) is 0 Å². The molecule has 7 heteroatoms. The number of piperidine rings is 1. The lowest BCUT2D eigenvalue weighted by molar-refractivity contribution is 0.207. The molecule has 1 saturated heterocycles. The van der Waals surface area contributed by atoms with Gasteiger partial charge in [-0.05, 0) is 106 Å². The van der Waals surface area contributed by atoms with Crippen molar-refractivity contribution in [2.75, 3.05) is 32.8 Å². The van der Waals surface area contributed by atoms with Crippen molar-refractivity contribution in [3.05, 3.63) is 81.7 Å². The van der Waals surface area contributed by atoms with Crippen LogP contribution in [0.25, 0.3) is 16.6 Å². The number of likely N-dealkylation sites (tertiary alicyclic amines) is 1. The van der Waals surface area contributed by atoms with Gasteiger partial charge in [0.15, 0.2) is 0 Å². The molecule has 2 aromatic carbocycles. The Hall–Kier alpha value is -2.80. The Morgan fingerprint density at radius 3 is 2.50 bits per heavy atom. The molecule has 5 rings (SSSR count). The van der Waals surface area contributed by atoms with E-state index in [2.05, 4.69) is 17.0 Å². The van der Waals surface area contributed by atoms with Crippen molar-refractivity contribution in [3.63, 3.8) is 0 Å². The molecule has 0 unspecified atom stereocenters. The molecule has 0 saturated carbocycles. The van der Waals surface area contributed by atoms with Gasteiger partial charge in [0.25, 0.3) is 5.56 Å². The zero-order valence-corrected chi connectivity index (χ0v) is 21.5. The van der Waals surface area contributed by atoms with E-state index < -0.39 is 0 Å². The van der Waals surface area contributed by atoms with Crippen LogP contribution in [0.2, 0.25) is 5.02 Å². The number of hydrogen-bond acceptors (Lipinski definition) is 4. The molecule has 1 aliphatic rings. The van der Waals surface area contributed by atoms with Crippen molar-refractivity contribution in [1.29, 1.82) is 0 Å². The third kappa shape index (κ3) is 5.46. The van der Waals surface area contributed by atoms with Gasteiger partial charge in [-0.1, -0.05) is 23.7 Å². The highest BCUT2D eigenvalue weighted by atomic mass is 35.5. The van der Waals surface area contributed by atoms with Crippen LogP contribution in [0.4, 0.5) is 0 Å². The van der Waals surface area contributed by atoms with Crippen LogP contribution in [-0.4, -0.2) is 46.7 Å². The van der Waals surface area contributed by atoms with Crippen LogP contribution in [0.3, 0.4) is 0 Å². The van der Waals surface area contributed by atoms with Crippen molar-refractivity contribution in [3.8, 4) is 5.75 Å². The summed E-state index contributed by atoms with van der Waals surface area (Å²) in [5.41, 5.74) is 9.68. The first-order valence-corrected chi connectivity index (χ1v) is 13.5. The van der Waals surface area contributed by atoms with Gasteiger partial charge < -0.3 is 24.3 Å². The quantitative estimate of drug-likeness (QED) is 0.297. The Morgan fingerprint density at radius 2 is 1.72 bits per heavy atom. The summed E-state index contributed by atoms with van der Waals surface area (Å²) in [6.07, 6.45) is 7.10. The van der Waals surface area contributed by atoms with E-state index in [0.717, 1.165) is 73.5 Å². The summed E-state index contributed by atoms with van der Waals surface area (Å²) in [6.45, 7) is 5.20. The maximum absolute atomic E-state index is 13.3. The molecule has 0 radical (unpaired) electrons. The molecule has 1 fully saturated rings. The van der Waals surface area contributed by atoms with Crippen LogP contribution >= 0.6 is 11.6 Å². The van der Waals surface area contributed by atoms with Crippen molar-refractivity contribution in [2.45, 2.75) is 44.6 Å². The molecular formula is C29H35ClN4O2. The number of unbranched alkanes of at least 4 members (excludes halogenated alkanes) is 1. The molecule has 0 amide bonds. The third-order valence-electron chi connectivity index (χ3n) is 7.36. The maximum Gasteiger partial charge on any atom is 0.275 e. The standard InChI is InChI=1S/C29H35ClN4O2/c30-24-8-6-22(7-9-24)23-12-18-32(19-13-23)15-4-17-34-26-11-10-25(36-20-2-1-14-31)21-28(26)33-16-3-5-27(33)29(34)35/h3,5-11,16,21,23H,1-2,4,12-15,17-20,31H2. The average molecular weight is 507 g/mol. The molecule has 36 heavy (non-hydrogen) atoms. The summed E-state index contributed by atoms with van der Waals surface area (Å²) in [5, 5.41) is 0.795. The predicted molar refractivity (Wildman–Crippen MR) is 147 cm³/mol. The number of nitrogens with zero attached hydrogens (tertiary/aromatic N) is 3. The number of aryl methyl sites for hydroxylation is 1. The van der Waals surface area contributed by atoms with E-state index in [-0.39, 0.29) is 5.56 Å². The van der Waals surface area contributed by atoms with Crippen LogP contribution in [0.5, 0.6) is 5.75 Å². The fourth-order valence-corrected chi connectivity index (χ4v) is 5.49. The summed E-state index contributed by atoms with van der Waals surface area (Å²) in [5.74, 6) is 1.43. The first-order chi connectivity index (χ1) is 17.6. The van der Waals surface area contributed by atoms with E-state index in [1.165, 1.54) is 5.56 Å². The fourth-order valence-electron chi connectivity index (χ4n) is 5.36. The number of benzene rings is 2. The maximum atomic E-state index is 13.3. The summed E-state index contributed by atoms with van der Waals surface area (Å²) >= 11 is 6.05. The minimum Gasteiger partial charge on any atom is -0.494 e. The van der Waals surface area contributed by atoms with E-state index in [9.17, 15) is 4.79 Å². The Bertz CT molecular complexity index is 1350. The van der Waals surface area contributed by atoms with Gasteiger partial charge in [-0.25, -0.2) is 0 Å². The minimum atomic E-state index is 0.0607. The SMILES string of the molecule is NCCCCOc1ccc2c(c1)n1cccc1c(=O)n2CCCN1CCC(c2ccc(Cl)cc2)CC1. The topological polar surface area (TPSA) is 64.9 Å². The largest absolute Gasteiger partial charge is 0.494 e. The monoisotopic (exact) mass is 506 g/mol. The third-order valence-corrected chi connectivity index (χ3v) is 7.61. The van der Waals surface area contributed by atoms with E-state index in [1.807, 2.05) is 57.6 Å². The molecule has 6 nitrogen and oxygen atoms in total. The summed E-state index contributed by atoms with van der Waals surface area (Å²) in [4.78, 5) is 15.8. The van der Waals surface area contributed by atoms with Crippen molar-refractivity contribution in [1.82, 2.24) is 13.9 Å². The first kappa shape index (κ1) is 24.9. The van der Waals surface area contributed by atoms with Gasteiger partial charge in [-0.3, -0.25) is 4.79 Å². The number of rotatable bonds is 10. The molecule has 1 aliphatic heterocycles. The van der Waals surface area contributed by atoms with E-state index in [0.29, 0.717) is 31.1 Å². The van der Waals surface area contributed by atoms with Gasteiger partial charge in [0.05, 0.1) is 17.6 Å². The Balaban J connectivity index is 1.25. The van der Waals surface area contributed by atoms with Crippen molar-refractivity contribution < 1.29 is 4.74 Å². The Kier molecular flexibility index (Phi) is 7.95. The van der Waals surface area contributed by atoms with E-state index >= 15 is 0 Å². The lowest BCUT2D eigenvalue weighted by Crippen LogP contribution is -2.34. The van der Waals surface area contributed by atoms with Gasteiger partial charge >= 0.3 is 0 Å². The molecule has 0 bridgehead atoms. The van der Waals surface area contributed by atoms with Gasteiger partial charge in [-0.2, -0.15) is 0 Å². The summed E-state index contributed by atoms with van der Waals surface area (Å²) in [6, 6.07) is 18.2. The Morgan fingerprint density at radius 1 is 0.917 bits per heavy atom. The lowest BCUT2D eigenvalue weighted by atomic mass is 9.89. The molecule has 0 atom stereocenters. The second-order valence-electron chi connectivity index (χ2n) is 9.74. The number of ether oxygens (including phenoxy) is 1. The predicted octanol–water partition coefficient (Wildman–Crippen LogP) is 5.30. The second kappa shape index (κ2) is 11.5. The number of fused-ring (bicyclic) bond motifs is 3. The number of nitrogens with two attached hydrogens (primary N) is 1. The molecule has 0 spiro atoms. The van der Waals surface area contributed by atoms with Crippen LogP contribution in [-0.2, 0) is 6.54 Å². The second-order valence-corrected chi connectivity index (χ2v) is 10.2. The molecule has 2 aromatic heterocycles. The number of aromatic nitrogens is 2. The molecule has 3 heterocycles. The fraction of sp³-hybridized carbons (Fsp3) is 0.414. The summed E-state index contributed by atoms with van der Waals surface area (Å²) in [7, 11) is 0. The first-order valence-electron chi connectivity index (χ1n) is 13.1. The van der Waals surface area contributed by atoms with Crippen molar-refractivity contribution in [2.24, 2.45) is 5.73 Å². The van der Waals surface area contributed by atoms with Crippen molar-refractivity contribution >= 4 is 28.2 Å². The number of hydrogen-bond donors (Lipinski definition) is 1. The van der Waals surface area contributed by atoms with Crippen LogP contribution in [0, 0.1) is 0 Å². The molecule has 0 aliphatic carbocycles. The highest BCUT2D eigenvalue weighted by Gasteiger charge is 2.20. The van der Waals surface area contributed by atoms with Crippen LogP contribution in [0.1, 0.15) is 43.6 Å². The van der Waals surface area contributed by atoms with Gasteiger partial charge in [0, 0.05) is 23.8 Å². The average Bonchev–Trinajstić information content (AvgIpc) is 3.40. The minimum absolute atomic E-state index is 0.0607. The van der Waals surface area contributed by atoms with Crippen LogP contribution < -0.4 is 16.0 Å². The van der Waals surface area contributed by atoms with Gasteiger partial charge in [0.1, 0.15) is 11.3 Å². The van der Waals surface area contributed by atoms with Gasteiger partial charge in [0.2, 0.25) is 0 Å². The zero-order chi connectivity index (χ0) is 24.9. The smallest absolute Gasteiger partial charge is 0.275 e. The highest BCUT2D eigenvalue weighted by molar-refractivity contribution is 6.30. The van der Waals surface area contributed by atoms with E-state index in [4.69, 9.17) is 22.1 Å². The molecular weight excluding hydrogens is 472 g/mol. The zero-order valence-electron chi connectivity index (χ0n) is 20.7. The summed E-state index contributed by atoms with van der Waals surface area (Å²) < 4.78 is 9.86. The molecule has 2 N–H and O–H groups in total. The molecule has 190 valence electrons. The van der Waals surface area contributed by atoms with Gasteiger partial charge in [-0.15, -0.1) is 0 Å².